The maximum absolute atomic E-state index is 6.21. The van der Waals surface area contributed by atoms with Crippen molar-refractivity contribution in [3.8, 4) is 0 Å². The molecule has 0 aromatic rings. The predicted octanol–water partition coefficient (Wildman–Crippen LogP) is 2.05. The Morgan fingerprint density at radius 2 is 1.81 bits per heavy atom. The average Bonchev–Trinajstić information content (AvgIpc) is 2.83. The summed E-state index contributed by atoms with van der Waals surface area (Å²) in [6.45, 7) is 13.4. The third-order valence-electron chi connectivity index (χ3n) is 3.99. The molecule has 21 heavy (non-hydrogen) atoms. The van der Waals surface area contributed by atoms with E-state index in [0.717, 1.165) is 32.7 Å². The number of hydrogen-bond acceptors (Lipinski definition) is 4. The monoisotopic (exact) mass is 299 g/mol. The van der Waals surface area contributed by atoms with E-state index in [1.165, 1.54) is 25.8 Å². The molecule has 4 nitrogen and oxygen atoms in total. The second kappa shape index (κ2) is 10.5. The molecule has 4 heteroatoms. The lowest BCUT2D eigenvalue weighted by atomic mass is 10.1. The minimum absolute atomic E-state index is 0.422. The molecule has 0 bridgehead atoms. The summed E-state index contributed by atoms with van der Waals surface area (Å²) in [6, 6.07) is 0. The molecule has 1 heterocycles. The zero-order valence-corrected chi connectivity index (χ0v) is 14.9. The smallest absolute Gasteiger partial charge is 0.0707 e. The van der Waals surface area contributed by atoms with Gasteiger partial charge in [-0.3, -0.25) is 4.90 Å². The van der Waals surface area contributed by atoms with Crippen LogP contribution in [-0.2, 0) is 4.74 Å². The molecule has 0 spiro atoms. The van der Waals surface area contributed by atoms with Crippen LogP contribution in [0.4, 0.5) is 0 Å². The van der Waals surface area contributed by atoms with E-state index in [1.54, 1.807) is 0 Å². The number of hydrogen-bond donors (Lipinski definition) is 1. The normalized spacial score (nSPS) is 22.9. The van der Waals surface area contributed by atoms with Gasteiger partial charge in [0, 0.05) is 26.2 Å². The van der Waals surface area contributed by atoms with Gasteiger partial charge in [-0.05, 0) is 52.4 Å². The summed E-state index contributed by atoms with van der Waals surface area (Å²) in [7, 11) is 4.29. The second-order valence-electron chi connectivity index (χ2n) is 7.11. The van der Waals surface area contributed by atoms with Crippen molar-refractivity contribution < 1.29 is 4.74 Å². The van der Waals surface area contributed by atoms with Gasteiger partial charge in [-0.15, -0.1) is 0 Å². The van der Waals surface area contributed by atoms with Crippen molar-refractivity contribution in [3.05, 3.63) is 0 Å². The Kier molecular flexibility index (Phi) is 9.49. The zero-order chi connectivity index (χ0) is 15.7. The molecule has 1 aliphatic heterocycles. The van der Waals surface area contributed by atoms with E-state index in [-0.39, 0.29) is 0 Å². The van der Waals surface area contributed by atoms with Crippen LogP contribution in [0.5, 0.6) is 0 Å². The fourth-order valence-electron chi connectivity index (χ4n) is 2.84. The Labute approximate surface area is 132 Å². The van der Waals surface area contributed by atoms with Gasteiger partial charge in [-0.1, -0.05) is 20.8 Å². The lowest BCUT2D eigenvalue weighted by molar-refractivity contribution is 0.0222. The Morgan fingerprint density at radius 1 is 1.10 bits per heavy atom. The Morgan fingerprint density at radius 3 is 2.43 bits per heavy atom. The number of nitrogens with zero attached hydrogens (tertiary/aromatic N) is 2. The van der Waals surface area contributed by atoms with Crippen LogP contribution >= 0.6 is 0 Å². The summed E-state index contributed by atoms with van der Waals surface area (Å²) in [6.07, 6.45) is 4.51. The van der Waals surface area contributed by atoms with Gasteiger partial charge < -0.3 is 15.0 Å². The SMILES string of the molecule is CCCN(CCN(C)C)CC1CCC(CNCC(C)C)O1. The lowest BCUT2D eigenvalue weighted by Gasteiger charge is -2.26. The highest BCUT2D eigenvalue weighted by Crippen LogP contribution is 2.20. The standard InChI is InChI=1S/C17H37N3O/c1-6-9-20(11-10-19(4)5)14-17-8-7-16(21-17)13-18-12-15(2)3/h15-18H,6-14H2,1-5H3. The van der Waals surface area contributed by atoms with Crippen LogP contribution in [-0.4, -0.2) is 75.4 Å². The van der Waals surface area contributed by atoms with Crippen molar-refractivity contribution in [1.82, 2.24) is 15.1 Å². The summed E-state index contributed by atoms with van der Waals surface area (Å²) in [5, 5.41) is 3.52. The van der Waals surface area contributed by atoms with Crippen LogP contribution in [0.2, 0.25) is 0 Å². The average molecular weight is 300 g/mol. The molecule has 2 unspecified atom stereocenters. The number of nitrogens with one attached hydrogen (secondary N) is 1. The van der Waals surface area contributed by atoms with Crippen LogP contribution in [0.3, 0.4) is 0 Å². The topological polar surface area (TPSA) is 27.7 Å². The van der Waals surface area contributed by atoms with E-state index in [1.807, 2.05) is 0 Å². The Balaban J connectivity index is 2.23. The van der Waals surface area contributed by atoms with Gasteiger partial charge >= 0.3 is 0 Å². The minimum atomic E-state index is 0.422. The molecule has 1 aliphatic rings. The molecule has 0 amide bonds. The predicted molar refractivity (Wildman–Crippen MR) is 90.9 cm³/mol. The Hall–Kier alpha value is -0.160. The summed E-state index contributed by atoms with van der Waals surface area (Å²) < 4.78 is 6.21. The van der Waals surface area contributed by atoms with Crippen LogP contribution in [0.25, 0.3) is 0 Å². The van der Waals surface area contributed by atoms with Crippen molar-refractivity contribution in [1.29, 1.82) is 0 Å². The van der Waals surface area contributed by atoms with Crippen molar-refractivity contribution in [2.75, 3.05) is 53.4 Å². The molecular formula is C17H37N3O. The van der Waals surface area contributed by atoms with E-state index in [0.29, 0.717) is 18.1 Å². The maximum atomic E-state index is 6.21. The van der Waals surface area contributed by atoms with Crippen LogP contribution < -0.4 is 5.32 Å². The molecular weight excluding hydrogens is 262 g/mol. The highest BCUT2D eigenvalue weighted by Gasteiger charge is 2.26. The summed E-state index contributed by atoms with van der Waals surface area (Å²) in [5.74, 6) is 0.716. The van der Waals surface area contributed by atoms with E-state index in [9.17, 15) is 0 Å². The van der Waals surface area contributed by atoms with E-state index in [4.69, 9.17) is 4.74 Å². The number of likely N-dealkylation sites (N-methyl/N-ethyl adjacent to an activating group) is 1. The van der Waals surface area contributed by atoms with E-state index < -0.39 is 0 Å². The molecule has 0 aromatic heterocycles. The molecule has 1 rings (SSSR count). The molecule has 1 saturated heterocycles. The highest BCUT2D eigenvalue weighted by atomic mass is 16.5. The molecule has 126 valence electrons. The van der Waals surface area contributed by atoms with E-state index in [2.05, 4.69) is 50.0 Å². The van der Waals surface area contributed by atoms with Crippen molar-refractivity contribution in [2.24, 2.45) is 5.92 Å². The minimum Gasteiger partial charge on any atom is -0.372 e. The quantitative estimate of drug-likeness (QED) is 0.632. The van der Waals surface area contributed by atoms with Gasteiger partial charge in [0.1, 0.15) is 0 Å². The number of rotatable bonds is 11. The van der Waals surface area contributed by atoms with Crippen LogP contribution in [0.15, 0.2) is 0 Å². The van der Waals surface area contributed by atoms with Gasteiger partial charge in [0.05, 0.1) is 12.2 Å². The molecule has 0 saturated carbocycles. The van der Waals surface area contributed by atoms with Gasteiger partial charge in [0.2, 0.25) is 0 Å². The third kappa shape index (κ3) is 8.77. The summed E-state index contributed by atoms with van der Waals surface area (Å²) >= 11 is 0. The van der Waals surface area contributed by atoms with E-state index >= 15 is 0 Å². The van der Waals surface area contributed by atoms with Gasteiger partial charge in [-0.25, -0.2) is 0 Å². The highest BCUT2D eigenvalue weighted by molar-refractivity contribution is 4.78. The molecule has 0 aliphatic carbocycles. The van der Waals surface area contributed by atoms with Crippen molar-refractivity contribution in [2.45, 2.75) is 52.2 Å². The largest absolute Gasteiger partial charge is 0.372 e. The third-order valence-corrected chi connectivity index (χ3v) is 3.99. The molecule has 1 fully saturated rings. The first-order chi connectivity index (χ1) is 10.0. The van der Waals surface area contributed by atoms with Crippen molar-refractivity contribution in [3.63, 3.8) is 0 Å². The lowest BCUT2D eigenvalue weighted by Crippen LogP contribution is -2.38. The molecule has 2 atom stereocenters. The van der Waals surface area contributed by atoms with Crippen LogP contribution in [0.1, 0.15) is 40.0 Å². The molecule has 0 aromatic carbocycles. The zero-order valence-electron chi connectivity index (χ0n) is 14.9. The second-order valence-corrected chi connectivity index (χ2v) is 7.11. The number of ether oxygens (including phenoxy) is 1. The Bertz CT molecular complexity index is 258. The van der Waals surface area contributed by atoms with Crippen molar-refractivity contribution >= 4 is 0 Å². The first kappa shape index (κ1) is 18.9. The molecule has 1 N–H and O–H groups in total. The summed E-state index contributed by atoms with van der Waals surface area (Å²) in [5.41, 5.74) is 0. The first-order valence-electron chi connectivity index (χ1n) is 8.74. The fraction of sp³-hybridized carbons (Fsp3) is 1.00. The maximum Gasteiger partial charge on any atom is 0.0707 e. The van der Waals surface area contributed by atoms with Gasteiger partial charge in [0.15, 0.2) is 0 Å². The van der Waals surface area contributed by atoms with Gasteiger partial charge in [-0.2, -0.15) is 0 Å². The molecule has 0 radical (unpaired) electrons. The summed E-state index contributed by atoms with van der Waals surface area (Å²) in [4.78, 5) is 4.82. The van der Waals surface area contributed by atoms with Crippen LogP contribution in [0, 0.1) is 5.92 Å². The van der Waals surface area contributed by atoms with Gasteiger partial charge in [0.25, 0.3) is 0 Å². The first-order valence-corrected chi connectivity index (χ1v) is 8.74. The fourth-order valence-corrected chi connectivity index (χ4v) is 2.84.